The molecule has 1 fully saturated rings. The summed E-state index contributed by atoms with van der Waals surface area (Å²) in [7, 11) is 0. The molecule has 1 aliphatic carbocycles. The van der Waals surface area contributed by atoms with Crippen molar-refractivity contribution in [3.05, 3.63) is 11.9 Å². The van der Waals surface area contributed by atoms with E-state index in [1.807, 2.05) is 0 Å². The van der Waals surface area contributed by atoms with Crippen molar-refractivity contribution >= 4 is 11.6 Å². The van der Waals surface area contributed by atoms with Crippen LogP contribution in [0.3, 0.4) is 0 Å². The third-order valence-corrected chi connectivity index (χ3v) is 4.10. The van der Waals surface area contributed by atoms with Gasteiger partial charge in [-0.1, -0.05) is 33.1 Å². The van der Waals surface area contributed by atoms with E-state index in [1.165, 1.54) is 38.4 Å². The van der Waals surface area contributed by atoms with Crippen molar-refractivity contribution in [2.75, 3.05) is 23.8 Å². The minimum absolute atomic E-state index is 0.137. The lowest BCUT2D eigenvalue weighted by Crippen LogP contribution is -2.40. The smallest absolute Gasteiger partial charge is 0.137 e. The Kier molecular flexibility index (Phi) is 5.17. The fraction of sp³-hybridized carbons (Fsp3) is 0.733. The molecule has 20 heavy (non-hydrogen) atoms. The number of hydrogen-bond donors (Lipinski definition) is 2. The molecule has 3 N–H and O–H groups in total. The van der Waals surface area contributed by atoms with Crippen molar-refractivity contribution in [2.45, 2.75) is 57.9 Å². The van der Waals surface area contributed by atoms with Crippen LogP contribution in [-0.4, -0.2) is 34.3 Å². The van der Waals surface area contributed by atoms with Crippen LogP contribution >= 0.6 is 0 Å². The van der Waals surface area contributed by atoms with Crippen LogP contribution in [0.25, 0.3) is 0 Å². The maximum absolute atomic E-state index is 9.41. The predicted molar refractivity (Wildman–Crippen MR) is 81.8 cm³/mol. The fourth-order valence-corrected chi connectivity index (χ4v) is 3.14. The van der Waals surface area contributed by atoms with Gasteiger partial charge in [0.15, 0.2) is 0 Å². The number of nitrogens with zero attached hydrogens (tertiary/aromatic N) is 3. The normalized spacial score (nSPS) is 16.6. The van der Waals surface area contributed by atoms with Crippen LogP contribution in [0.5, 0.6) is 0 Å². The van der Waals surface area contributed by atoms with E-state index >= 15 is 0 Å². The molecule has 1 aliphatic rings. The average molecular weight is 278 g/mol. The van der Waals surface area contributed by atoms with Crippen LogP contribution in [0.4, 0.5) is 11.6 Å². The standard InChI is InChI=1S/C15H26N4O/c1-11(2)13-14(16)17-10-18-15(13)19(8-9-20)12-6-4-3-5-7-12/h10-12,20H,3-9H2,1-2H3,(H2,16,17,18). The van der Waals surface area contributed by atoms with Crippen molar-refractivity contribution in [3.8, 4) is 0 Å². The van der Waals surface area contributed by atoms with Crippen molar-refractivity contribution in [3.63, 3.8) is 0 Å². The quantitative estimate of drug-likeness (QED) is 0.864. The molecule has 1 heterocycles. The zero-order chi connectivity index (χ0) is 14.5. The lowest BCUT2D eigenvalue weighted by Gasteiger charge is -2.36. The van der Waals surface area contributed by atoms with Gasteiger partial charge in [0.05, 0.1) is 6.61 Å². The maximum Gasteiger partial charge on any atom is 0.137 e. The molecule has 0 bridgehead atoms. The summed E-state index contributed by atoms with van der Waals surface area (Å²) in [6.45, 7) is 4.96. The highest BCUT2D eigenvalue weighted by Crippen LogP contribution is 2.33. The average Bonchev–Trinajstić information content (AvgIpc) is 2.45. The number of nitrogen functional groups attached to an aromatic ring is 1. The number of nitrogens with two attached hydrogens (primary N) is 1. The van der Waals surface area contributed by atoms with E-state index in [1.54, 1.807) is 0 Å². The van der Waals surface area contributed by atoms with Gasteiger partial charge >= 0.3 is 0 Å². The van der Waals surface area contributed by atoms with Gasteiger partial charge in [-0.3, -0.25) is 0 Å². The second kappa shape index (κ2) is 6.88. The highest BCUT2D eigenvalue weighted by atomic mass is 16.3. The van der Waals surface area contributed by atoms with Crippen LogP contribution in [0.2, 0.25) is 0 Å². The van der Waals surface area contributed by atoms with Gasteiger partial charge in [0.2, 0.25) is 0 Å². The van der Waals surface area contributed by atoms with Crippen LogP contribution in [0, 0.1) is 0 Å². The number of aliphatic hydroxyl groups is 1. The van der Waals surface area contributed by atoms with E-state index in [-0.39, 0.29) is 12.5 Å². The topological polar surface area (TPSA) is 75.3 Å². The molecule has 112 valence electrons. The van der Waals surface area contributed by atoms with Gasteiger partial charge in [0, 0.05) is 18.2 Å². The van der Waals surface area contributed by atoms with E-state index in [0.717, 1.165) is 11.4 Å². The van der Waals surface area contributed by atoms with Gasteiger partial charge in [-0.05, 0) is 18.8 Å². The van der Waals surface area contributed by atoms with Crippen molar-refractivity contribution < 1.29 is 5.11 Å². The minimum atomic E-state index is 0.137. The zero-order valence-corrected chi connectivity index (χ0v) is 12.5. The van der Waals surface area contributed by atoms with Gasteiger partial charge in [-0.25, -0.2) is 9.97 Å². The molecule has 1 aromatic heterocycles. The van der Waals surface area contributed by atoms with Crippen molar-refractivity contribution in [2.24, 2.45) is 0 Å². The molecule has 0 aliphatic heterocycles. The molecule has 0 radical (unpaired) electrons. The Labute approximate surface area is 121 Å². The number of anilines is 2. The Bertz CT molecular complexity index is 430. The fourth-order valence-electron chi connectivity index (χ4n) is 3.14. The molecule has 0 saturated heterocycles. The van der Waals surface area contributed by atoms with Gasteiger partial charge in [0.1, 0.15) is 18.0 Å². The first-order valence-corrected chi connectivity index (χ1v) is 7.63. The van der Waals surface area contributed by atoms with Crippen LogP contribution in [0.15, 0.2) is 6.33 Å². The van der Waals surface area contributed by atoms with Gasteiger partial charge in [-0.2, -0.15) is 0 Å². The first-order valence-electron chi connectivity index (χ1n) is 7.63. The molecule has 0 unspecified atom stereocenters. The Hall–Kier alpha value is -1.36. The maximum atomic E-state index is 9.41. The Balaban J connectivity index is 2.35. The summed E-state index contributed by atoms with van der Waals surface area (Å²) in [5.74, 6) is 1.74. The molecule has 2 rings (SSSR count). The third-order valence-electron chi connectivity index (χ3n) is 4.10. The number of aliphatic hydroxyl groups excluding tert-OH is 1. The van der Waals surface area contributed by atoms with Crippen LogP contribution in [-0.2, 0) is 0 Å². The highest BCUT2D eigenvalue weighted by Gasteiger charge is 2.26. The largest absolute Gasteiger partial charge is 0.395 e. The summed E-state index contributed by atoms with van der Waals surface area (Å²) in [6.07, 6.45) is 7.69. The van der Waals surface area contributed by atoms with Crippen LogP contribution < -0.4 is 10.6 Å². The summed E-state index contributed by atoms with van der Waals surface area (Å²) in [5.41, 5.74) is 7.05. The summed E-state index contributed by atoms with van der Waals surface area (Å²) in [4.78, 5) is 10.8. The molecule has 0 amide bonds. The van der Waals surface area contributed by atoms with E-state index < -0.39 is 0 Å². The Morgan fingerprint density at radius 2 is 2.00 bits per heavy atom. The predicted octanol–water partition coefficient (Wildman–Crippen LogP) is 2.31. The van der Waals surface area contributed by atoms with Crippen molar-refractivity contribution in [1.29, 1.82) is 0 Å². The molecule has 0 spiro atoms. The number of aromatic nitrogens is 2. The molecule has 5 heteroatoms. The third kappa shape index (κ3) is 3.20. The molecular weight excluding hydrogens is 252 g/mol. The molecule has 5 nitrogen and oxygen atoms in total. The van der Waals surface area contributed by atoms with E-state index in [2.05, 4.69) is 28.7 Å². The molecule has 1 saturated carbocycles. The molecule has 0 aromatic carbocycles. The van der Waals surface area contributed by atoms with Gasteiger partial charge in [-0.15, -0.1) is 0 Å². The second-order valence-electron chi connectivity index (χ2n) is 5.86. The minimum Gasteiger partial charge on any atom is -0.395 e. The first-order chi connectivity index (χ1) is 9.65. The Morgan fingerprint density at radius 1 is 1.30 bits per heavy atom. The van der Waals surface area contributed by atoms with E-state index in [0.29, 0.717) is 18.4 Å². The molecule has 0 atom stereocenters. The van der Waals surface area contributed by atoms with Crippen LogP contribution in [0.1, 0.15) is 57.4 Å². The van der Waals surface area contributed by atoms with Crippen molar-refractivity contribution in [1.82, 2.24) is 9.97 Å². The van der Waals surface area contributed by atoms with Gasteiger partial charge < -0.3 is 15.7 Å². The molecule has 1 aromatic rings. The highest BCUT2D eigenvalue weighted by molar-refractivity contribution is 5.58. The number of rotatable bonds is 5. The summed E-state index contributed by atoms with van der Waals surface area (Å²) in [5, 5.41) is 9.41. The monoisotopic (exact) mass is 278 g/mol. The van der Waals surface area contributed by atoms with Gasteiger partial charge in [0.25, 0.3) is 0 Å². The lowest BCUT2D eigenvalue weighted by atomic mass is 9.93. The summed E-state index contributed by atoms with van der Waals surface area (Å²) in [6, 6.07) is 0.461. The van der Waals surface area contributed by atoms with E-state index in [4.69, 9.17) is 5.73 Å². The molecular formula is C15H26N4O. The summed E-state index contributed by atoms with van der Waals surface area (Å²) >= 11 is 0. The number of hydrogen-bond acceptors (Lipinski definition) is 5. The SMILES string of the molecule is CC(C)c1c(N)ncnc1N(CCO)C1CCCCC1. The second-order valence-corrected chi connectivity index (χ2v) is 5.86. The first kappa shape index (κ1) is 15.0. The zero-order valence-electron chi connectivity index (χ0n) is 12.5. The lowest BCUT2D eigenvalue weighted by molar-refractivity contribution is 0.289. The Morgan fingerprint density at radius 3 is 2.60 bits per heavy atom. The van der Waals surface area contributed by atoms with E-state index in [9.17, 15) is 5.11 Å². The summed E-state index contributed by atoms with van der Waals surface area (Å²) < 4.78 is 0.